The molecule has 1 aromatic carbocycles. The molecule has 230 valence electrons. The standard InChI is InChI=1S/C31H50N4O6/c1-5-7-8-12-33-31(34-29(32)6-2)30-25(3)11-13-35(30)23-27-10-9-26(22-28(27)37-4)24-41-21-20-40-19-18-39-17-16-38-15-14-36/h9-11,13,22,33,36H,3,5-8,12,14-21,23-24H2,1-2,4H3,(H2,32,34)/b31-30+. The highest BCUT2D eigenvalue weighted by Gasteiger charge is 2.10. The predicted molar refractivity (Wildman–Crippen MR) is 163 cm³/mol. The Labute approximate surface area is 244 Å². The van der Waals surface area contributed by atoms with Crippen molar-refractivity contribution in [3.63, 3.8) is 0 Å². The number of hydrogen-bond acceptors (Lipinski definition) is 8. The van der Waals surface area contributed by atoms with Gasteiger partial charge in [0, 0.05) is 24.7 Å². The molecule has 10 nitrogen and oxygen atoms in total. The minimum absolute atomic E-state index is 0.0224. The van der Waals surface area contributed by atoms with Gasteiger partial charge in [0.25, 0.3) is 0 Å². The molecule has 10 heteroatoms. The number of rotatable bonds is 23. The lowest BCUT2D eigenvalue weighted by Gasteiger charge is -2.14. The van der Waals surface area contributed by atoms with Crippen molar-refractivity contribution in [2.75, 3.05) is 66.5 Å². The van der Waals surface area contributed by atoms with Crippen LogP contribution in [0.4, 0.5) is 0 Å². The van der Waals surface area contributed by atoms with Crippen molar-refractivity contribution < 1.29 is 28.8 Å². The van der Waals surface area contributed by atoms with E-state index in [0.29, 0.717) is 71.7 Å². The molecule has 2 aromatic rings. The van der Waals surface area contributed by atoms with Crippen LogP contribution in [0.1, 0.15) is 50.7 Å². The number of benzene rings is 1. The highest BCUT2D eigenvalue weighted by atomic mass is 16.6. The number of nitrogens with two attached hydrogens (primary N) is 1. The highest BCUT2D eigenvalue weighted by Crippen LogP contribution is 2.21. The second-order valence-corrected chi connectivity index (χ2v) is 9.52. The number of aromatic nitrogens is 1. The molecule has 0 spiro atoms. The number of aliphatic hydroxyl groups is 1. The van der Waals surface area contributed by atoms with Gasteiger partial charge in [-0.2, -0.15) is 0 Å². The fourth-order valence-electron chi connectivity index (χ4n) is 4.03. The number of nitrogens with zero attached hydrogens (tertiary/aromatic N) is 2. The molecule has 0 saturated carbocycles. The summed E-state index contributed by atoms with van der Waals surface area (Å²) in [6.07, 6.45) is 6.07. The Bertz CT molecular complexity index is 1130. The maximum Gasteiger partial charge on any atom is 0.152 e. The number of aliphatic hydroxyl groups excluding tert-OH is 1. The lowest BCUT2D eigenvalue weighted by molar-refractivity contribution is -0.00744. The first-order chi connectivity index (χ1) is 20.0. The molecule has 0 aliphatic carbocycles. The van der Waals surface area contributed by atoms with Crippen molar-refractivity contribution in [2.45, 2.75) is 52.7 Å². The van der Waals surface area contributed by atoms with Gasteiger partial charge in [-0.1, -0.05) is 45.4 Å². The molecule has 2 rings (SSSR count). The zero-order valence-electron chi connectivity index (χ0n) is 25.2. The van der Waals surface area contributed by atoms with Crippen molar-refractivity contribution in [1.82, 2.24) is 9.88 Å². The summed E-state index contributed by atoms with van der Waals surface area (Å²) in [5.41, 5.74) is 8.19. The minimum Gasteiger partial charge on any atom is -0.496 e. The van der Waals surface area contributed by atoms with Gasteiger partial charge in [0.15, 0.2) is 5.82 Å². The van der Waals surface area contributed by atoms with E-state index in [0.717, 1.165) is 59.1 Å². The van der Waals surface area contributed by atoms with Crippen LogP contribution in [0.3, 0.4) is 0 Å². The maximum absolute atomic E-state index is 8.65. The summed E-state index contributed by atoms with van der Waals surface area (Å²) >= 11 is 0. The van der Waals surface area contributed by atoms with Crippen LogP contribution in [0.5, 0.6) is 5.75 Å². The smallest absolute Gasteiger partial charge is 0.152 e. The van der Waals surface area contributed by atoms with Crippen LogP contribution in [0, 0.1) is 0 Å². The van der Waals surface area contributed by atoms with Crippen LogP contribution in [0.25, 0.3) is 12.4 Å². The number of nitrogens with one attached hydrogen (secondary N) is 1. The van der Waals surface area contributed by atoms with Crippen molar-refractivity contribution in [3.8, 4) is 5.75 Å². The molecule has 1 aromatic heterocycles. The topological polar surface area (TPSA) is 122 Å². The summed E-state index contributed by atoms with van der Waals surface area (Å²) in [7, 11) is 1.68. The lowest BCUT2D eigenvalue weighted by Crippen LogP contribution is -2.36. The molecular weight excluding hydrogens is 524 g/mol. The van der Waals surface area contributed by atoms with Gasteiger partial charge in [0.2, 0.25) is 0 Å². The molecule has 0 radical (unpaired) electrons. The van der Waals surface area contributed by atoms with Crippen LogP contribution in [0.15, 0.2) is 35.5 Å². The molecule has 0 bridgehead atoms. The normalized spacial score (nSPS) is 12.5. The number of amidine groups is 1. The van der Waals surface area contributed by atoms with Gasteiger partial charge in [0.1, 0.15) is 11.6 Å². The zero-order chi connectivity index (χ0) is 29.7. The fourth-order valence-corrected chi connectivity index (χ4v) is 4.03. The van der Waals surface area contributed by atoms with Gasteiger partial charge in [0.05, 0.1) is 78.5 Å². The SMILES string of the molecule is C=c1ccn(Cc2ccc(COCCOCCOCCOCCO)cc2OC)/c1=C(/N=C(/N)CC)NCCCCC. The Kier molecular flexibility index (Phi) is 17.5. The van der Waals surface area contributed by atoms with Gasteiger partial charge >= 0.3 is 0 Å². The Balaban J connectivity index is 1.96. The molecule has 41 heavy (non-hydrogen) atoms. The number of hydrogen-bond donors (Lipinski definition) is 3. The van der Waals surface area contributed by atoms with Crippen LogP contribution in [-0.2, 0) is 32.1 Å². The van der Waals surface area contributed by atoms with Crippen LogP contribution >= 0.6 is 0 Å². The van der Waals surface area contributed by atoms with E-state index in [2.05, 4.69) is 35.5 Å². The Morgan fingerprint density at radius 3 is 2.29 bits per heavy atom. The summed E-state index contributed by atoms with van der Waals surface area (Å²) in [5.74, 6) is 2.12. The van der Waals surface area contributed by atoms with E-state index in [9.17, 15) is 0 Å². The summed E-state index contributed by atoms with van der Waals surface area (Å²) in [6, 6.07) is 8.13. The number of aliphatic imine (C=N–C) groups is 1. The average Bonchev–Trinajstić information content (AvgIpc) is 3.34. The van der Waals surface area contributed by atoms with E-state index in [4.69, 9.17) is 39.5 Å². The monoisotopic (exact) mass is 574 g/mol. The Hall–Kier alpha value is -2.89. The first-order valence-corrected chi connectivity index (χ1v) is 14.6. The molecule has 0 unspecified atom stereocenters. The average molecular weight is 575 g/mol. The number of methoxy groups -OCH3 is 1. The van der Waals surface area contributed by atoms with Gasteiger partial charge in [-0.15, -0.1) is 0 Å². The quantitative estimate of drug-likeness (QED) is 0.105. The number of ether oxygens (including phenoxy) is 5. The third kappa shape index (κ3) is 13.1. The third-order valence-electron chi connectivity index (χ3n) is 6.27. The molecule has 1 heterocycles. The van der Waals surface area contributed by atoms with Crippen LogP contribution in [0.2, 0.25) is 0 Å². The van der Waals surface area contributed by atoms with E-state index < -0.39 is 0 Å². The molecule has 0 fully saturated rings. The third-order valence-corrected chi connectivity index (χ3v) is 6.27. The van der Waals surface area contributed by atoms with Gasteiger partial charge in [-0.05, 0) is 29.3 Å². The fraction of sp³-hybridized carbons (Fsp3) is 0.581. The first kappa shape index (κ1) is 34.3. The van der Waals surface area contributed by atoms with Gasteiger partial charge < -0.3 is 44.4 Å². The van der Waals surface area contributed by atoms with E-state index >= 15 is 0 Å². The van der Waals surface area contributed by atoms with Crippen molar-refractivity contribution in [3.05, 3.63) is 52.2 Å². The first-order valence-electron chi connectivity index (χ1n) is 14.6. The lowest BCUT2D eigenvalue weighted by atomic mass is 10.1. The molecule has 0 amide bonds. The second kappa shape index (κ2) is 20.9. The molecule has 0 saturated heterocycles. The zero-order valence-corrected chi connectivity index (χ0v) is 25.2. The highest BCUT2D eigenvalue weighted by molar-refractivity contribution is 5.83. The van der Waals surface area contributed by atoms with Crippen molar-refractivity contribution >= 4 is 18.2 Å². The Morgan fingerprint density at radius 1 is 0.976 bits per heavy atom. The minimum atomic E-state index is 0.0224. The largest absolute Gasteiger partial charge is 0.496 e. The van der Waals surface area contributed by atoms with Crippen molar-refractivity contribution in [1.29, 1.82) is 0 Å². The van der Waals surface area contributed by atoms with E-state index in [-0.39, 0.29) is 6.61 Å². The summed E-state index contributed by atoms with van der Waals surface area (Å²) in [5, 5.41) is 14.0. The van der Waals surface area contributed by atoms with Crippen LogP contribution < -0.4 is 26.4 Å². The second-order valence-electron chi connectivity index (χ2n) is 9.52. The maximum atomic E-state index is 8.65. The van der Waals surface area contributed by atoms with E-state index in [1.807, 2.05) is 25.3 Å². The van der Waals surface area contributed by atoms with Gasteiger partial charge in [-0.3, -0.25) is 0 Å². The molecule has 0 atom stereocenters. The van der Waals surface area contributed by atoms with E-state index in [1.54, 1.807) is 7.11 Å². The van der Waals surface area contributed by atoms with E-state index in [1.165, 1.54) is 0 Å². The number of unbranched alkanes of at least 4 members (excludes halogenated alkanes) is 2. The Morgan fingerprint density at radius 2 is 1.66 bits per heavy atom. The van der Waals surface area contributed by atoms with Gasteiger partial charge in [-0.25, -0.2) is 4.99 Å². The summed E-state index contributed by atoms with van der Waals surface area (Å²) in [6.45, 7) is 13.6. The van der Waals surface area contributed by atoms with Crippen LogP contribution in [-0.4, -0.2) is 82.0 Å². The molecular formula is C31H50N4O6. The molecule has 0 aliphatic rings. The predicted octanol–water partition coefficient (Wildman–Crippen LogP) is 2.13. The molecule has 4 N–H and O–H groups in total. The summed E-state index contributed by atoms with van der Waals surface area (Å²) < 4.78 is 29.7. The van der Waals surface area contributed by atoms with Crippen molar-refractivity contribution in [2.24, 2.45) is 10.7 Å². The molecule has 0 aliphatic heterocycles. The summed E-state index contributed by atoms with van der Waals surface area (Å²) in [4.78, 5) is 4.70.